The predicted octanol–water partition coefficient (Wildman–Crippen LogP) is 2.82. The molecule has 0 saturated heterocycles. The molecule has 1 aliphatic heterocycles. The number of benzene rings is 1. The molecule has 1 aliphatic rings. The molecule has 3 rings (SSSR count). The molecule has 1 aromatic carbocycles. The number of carbonyl (C=O) groups excluding carboxylic acids is 1. The lowest BCUT2D eigenvalue weighted by Gasteiger charge is -2.28. The lowest BCUT2D eigenvalue weighted by atomic mass is 10.1. The zero-order chi connectivity index (χ0) is 16.7. The lowest BCUT2D eigenvalue weighted by molar-refractivity contribution is 0.0523. The van der Waals surface area contributed by atoms with Gasteiger partial charge in [0.25, 0.3) is 0 Å². The van der Waals surface area contributed by atoms with Gasteiger partial charge in [-0.3, -0.25) is 4.79 Å². The van der Waals surface area contributed by atoms with Gasteiger partial charge in [-0.2, -0.15) is 4.39 Å². The molecule has 0 aliphatic carbocycles. The Balaban J connectivity index is 2.41. The van der Waals surface area contributed by atoms with E-state index in [2.05, 4.69) is 22.6 Å². The molecule has 8 heteroatoms. The van der Waals surface area contributed by atoms with E-state index in [-0.39, 0.29) is 41.5 Å². The highest BCUT2D eigenvalue weighted by Crippen LogP contribution is 2.35. The molecule has 2 heterocycles. The zero-order valence-electron chi connectivity index (χ0n) is 12.1. The van der Waals surface area contributed by atoms with Crippen LogP contribution >= 0.6 is 22.6 Å². The van der Waals surface area contributed by atoms with Crippen LogP contribution in [-0.4, -0.2) is 28.2 Å². The fourth-order valence-corrected chi connectivity index (χ4v) is 3.26. The van der Waals surface area contributed by atoms with E-state index < -0.39 is 23.0 Å². The van der Waals surface area contributed by atoms with Crippen molar-refractivity contribution in [3.8, 4) is 5.75 Å². The highest BCUT2D eigenvalue weighted by molar-refractivity contribution is 14.1. The molecular formula is C15H12F2INO4. The normalized spacial score (nSPS) is 16.3. The highest BCUT2D eigenvalue weighted by Gasteiger charge is 2.29. The van der Waals surface area contributed by atoms with Crippen LogP contribution in [0.1, 0.15) is 23.3 Å². The summed E-state index contributed by atoms with van der Waals surface area (Å²) in [6.07, 6.45) is 1.34. The minimum absolute atomic E-state index is 0.0981. The van der Waals surface area contributed by atoms with Crippen LogP contribution in [0.2, 0.25) is 0 Å². The number of alkyl halides is 1. The van der Waals surface area contributed by atoms with Crippen molar-refractivity contribution in [2.24, 2.45) is 0 Å². The van der Waals surface area contributed by atoms with Crippen molar-refractivity contribution in [3.63, 3.8) is 0 Å². The molecular weight excluding hydrogens is 423 g/mol. The first-order valence-electron chi connectivity index (χ1n) is 6.92. The van der Waals surface area contributed by atoms with E-state index in [1.807, 2.05) is 0 Å². The molecule has 0 unspecified atom stereocenters. The van der Waals surface area contributed by atoms with Gasteiger partial charge in [-0.25, -0.2) is 9.18 Å². The molecule has 122 valence electrons. The number of halogens is 3. The maximum Gasteiger partial charge on any atom is 0.343 e. The number of rotatable bonds is 3. The number of ether oxygens (including phenoxy) is 2. The molecule has 23 heavy (non-hydrogen) atoms. The van der Waals surface area contributed by atoms with Crippen LogP contribution in [0.3, 0.4) is 0 Å². The van der Waals surface area contributed by atoms with Gasteiger partial charge in [0.05, 0.1) is 23.6 Å². The van der Waals surface area contributed by atoms with E-state index in [0.29, 0.717) is 4.43 Å². The van der Waals surface area contributed by atoms with Crippen LogP contribution in [0.15, 0.2) is 17.1 Å². The summed E-state index contributed by atoms with van der Waals surface area (Å²) in [4.78, 5) is 24.5. The van der Waals surface area contributed by atoms with E-state index in [1.165, 1.54) is 6.20 Å². The first-order valence-corrected chi connectivity index (χ1v) is 8.44. The Labute approximate surface area is 143 Å². The predicted molar refractivity (Wildman–Crippen MR) is 87.5 cm³/mol. The Hall–Kier alpha value is -1.71. The largest absolute Gasteiger partial charge is 0.486 e. The van der Waals surface area contributed by atoms with E-state index in [0.717, 1.165) is 6.07 Å². The summed E-state index contributed by atoms with van der Waals surface area (Å²) in [5.74, 6) is -3.41. The van der Waals surface area contributed by atoms with Crippen molar-refractivity contribution in [2.75, 3.05) is 17.6 Å². The summed E-state index contributed by atoms with van der Waals surface area (Å²) >= 11 is 2.12. The first kappa shape index (κ1) is 16.2. The molecule has 0 N–H and O–H groups in total. The minimum Gasteiger partial charge on any atom is -0.486 e. The van der Waals surface area contributed by atoms with Gasteiger partial charge < -0.3 is 14.0 Å². The van der Waals surface area contributed by atoms with Gasteiger partial charge in [-0.05, 0) is 13.0 Å². The van der Waals surface area contributed by atoms with Crippen molar-refractivity contribution in [1.82, 2.24) is 4.57 Å². The molecule has 2 aromatic rings. The van der Waals surface area contributed by atoms with E-state index in [4.69, 9.17) is 9.47 Å². The van der Waals surface area contributed by atoms with Crippen LogP contribution in [0.5, 0.6) is 5.75 Å². The van der Waals surface area contributed by atoms with Crippen LogP contribution < -0.4 is 10.2 Å². The van der Waals surface area contributed by atoms with Gasteiger partial charge in [0, 0.05) is 10.6 Å². The van der Waals surface area contributed by atoms with E-state index in [1.54, 1.807) is 11.5 Å². The highest BCUT2D eigenvalue weighted by atomic mass is 127. The Kier molecular flexibility index (Phi) is 4.26. The van der Waals surface area contributed by atoms with Gasteiger partial charge >= 0.3 is 5.97 Å². The zero-order valence-corrected chi connectivity index (χ0v) is 14.2. The summed E-state index contributed by atoms with van der Waals surface area (Å²) < 4.78 is 40.1. The van der Waals surface area contributed by atoms with E-state index >= 15 is 0 Å². The second kappa shape index (κ2) is 6.06. The second-order valence-corrected chi connectivity index (χ2v) is 5.90. The maximum absolute atomic E-state index is 14.0. The van der Waals surface area contributed by atoms with Crippen molar-refractivity contribution >= 4 is 39.5 Å². The summed E-state index contributed by atoms with van der Waals surface area (Å²) in [6.45, 7) is 1.85. The molecule has 0 saturated carbocycles. The third-order valence-corrected chi connectivity index (χ3v) is 4.67. The van der Waals surface area contributed by atoms with Crippen molar-refractivity contribution in [1.29, 1.82) is 0 Å². The smallest absolute Gasteiger partial charge is 0.343 e. The third kappa shape index (κ3) is 2.48. The van der Waals surface area contributed by atoms with Crippen LogP contribution in [0.4, 0.5) is 8.78 Å². The minimum atomic E-state index is -1.19. The standard InChI is InChI=1S/C15H12F2INO4/c1-2-22-15(21)9-5-19-7(4-18)6-23-14-11(17)10(16)3-8(12(14)19)13(9)20/h3,5,7H,2,4,6H2,1H3/t7-/m0/s1. The van der Waals surface area contributed by atoms with E-state index in [9.17, 15) is 18.4 Å². The first-order chi connectivity index (χ1) is 11.0. The molecule has 0 spiro atoms. The number of esters is 1. The second-order valence-electron chi connectivity index (χ2n) is 5.02. The lowest BCUT2D eigenvalue weighted by Crippen LogP contribution is -2.29. The molecule has 0 amide bonds. The number of pyridine rings is 1. The average Bonchev–Trinajstić information content (AvgIpc) is 2.54. The third-order valence-electron chi connectivity index (χ3n) is 3.65. The van der Waals surface area contributed by atoms with Crippen LogP contribution in [0.25, 0.3) is 10.9 Å². The van der Waals surface area contributed by atoms with Crippen molar-refractivity contribution in [3.05, 3.63) is 39.7 Å². The van der Waals surface area contributed by atoms with Crippen LogP contribution in [0, 0.1) is 11.6 Å². The van der Waals surface area contributed by atoms with Gasteiger partial charge in [0.1, 0.15) is 12.2 Å². The average molecular weight is 435 g/mol. The van der Waals surface area contributed by atoms with Gasteiger partial charge in [0.15, 0.2) is 11.6 Å². The Morgan fingerprint density at radius 1 is 1.52 bits per heavy atom. The van der Waals surface area contributed by atoms with Gasteiger partial charge in [0.2, 0.25) is 11.2 Å². The van der Waals surface area contributed by atoms with Crippen LogP contribution in [-0.2, 0) is 4.74 Å². The number of nitrogens with zero attached hydrogens (tertiary/aromatic N) is 1. The van der Waals surface area contributed by atoms with Gasteiger partial charge in [-0.15, -0.1) is 0 Å². The quantitative estimate of drug-likeness (QED) is 0.423. The summed E-state index contributed by atoms with van der Waals surface area (Å²) in [6, 6.07) is 0.596. The number of carbonyl (C=O) groups is 1. The monoisotopic (exact) mass is 435 g/mol. The summed E-state index contributed by atoms with van der Waals surface area (Å²) in [7, 11) is 0. The summed E-state index contributed by atoms with van der Waals surface area (Å²) in [5.41, 5.74) is -0.740. The maximum atomic E-state index is 14.0. The summed E-state index contributed by atoms with van der Waals surface area (Å²) in [5, 5.41) is -0.0981. The Bertz CT molecular complexity index is 865. The van der Waals surface area contributed by atoms with Crippen molar-refractivity contribution < 1.29 is 23.0 Å². The molecule has 0 fully saturated rings. The SMILES string of the molecule is CCOC(=O)c1cn2c3c(c(F)c(F)cc3c1=O)OC[C@@H]2CI. The Morgan fingerprint density at radius 2 is 2.26 bits per heavy atom. The number of aromatic nitrogens is 1. The van der Waals surface area contributed by atoms with Gasteiger partial charge in [-0.1, -0.05) is 22.6 Å². The fraction of sp³-hybridized carbons (Fsp3) is 0.333. The molecule has 0 radical (unpaired) electrons. The number of hydrogen-bond donors (Lipinski definition) is 0. The Morgan fingerprint density at radius 3 is 2.91 bits per heavy atom. The molecule has 1 atom stereocenters. The molecule has 1 aromatic heterocycles. The van der Waals surface area contributed by atoms with Crippen molar-refractivity contribution in [2.45, 2.75) is 13.0 Å². The molecule has 0 bridgehead atoms. The molecule has 5 nitrogen and oxygen atoms in total. The fourth-order valence-electron chi connectivity index (χ4n) is 2.58. The number of hydrogen-bond acceptors (Lipinski definition) is 4. The topological polar surface area (TPSA) is 57.5 Å².